The molecule has 1 aliphatic rings. The first-order valence-corrected chi connectivity index (χ1v) is 15.2. The third-order valence-electron chi connectivity index (χ3n) is 7.91. The Balaban J connectivity index is 1.84. The number of carbonyl (C=O) groups is 2. The van der Waals surface area contributed by atoms with E-state index in [9.17, 15) is 19.8 Å². The van der Waals surface area contributed by atoms with Crippen LogP contribution in [0.4, 0.5) is 4.79 Å². The number of benzene rings is 2. The molecule has 1 saturated heterocycles. The normalized spacial score (nSPS) is 21.1. The maximum absolute atomic E-state index is 14.3. The van der Waals surface area contributed by atoms with Crippen LogP contribution < -0.4 is 0 Å². The third-order valence-corrected chi connectivity index (χ3v) is 7.91. The van der Waals surface area contributed by atoms with Gasteiger partial charge in [-0.1, -0.05) is 79.9 Å². The number of ether oxygens (including phenoxy) is 1. The SMILES string of the molecule is CC(=O)OCCCCCCN1C(=O)N(CCCCCCO)[C@H](Cc2ccccc2)[C@H](O)[C@@H](O)[C@H]1Cc1ccccc1. The van der Waals surface area contributed by atoms with Crippen molar-refractivity contribution in [3.05, 3.63) is 71.8 Å². The zero-order valence-corrected chi connectivity index (χ0v) is 24.4. The summed E-state index contributed by atoms with van der Waals surface area (Å²) < 4.78 is 5.03. The molecule has 0 spiro atoms. The molecule has 4 atom stereocenters. The zero-order chi connectivity index (χ0) is 29.5. The second kappa shape index (κ2) is 17.8. The Bertz CT molecular complexity index is 1020. The maximum Gasteiger partial charge on any atom is 0.320 e. The van der Waals surface area contributed by atoms with Crippen molar-refractivity contribution >= 4 is 12.0 Å². The zero-order valence-electron chi connectivity index (χ0n) is 24.4. The fourth-order valence-corrected chi connectivity index (χ4v) is 5.67. The van der Waals surface area contributed by atoms with Crippen molar-refractivity contribution < 1.29 is 29.6 Å². The minimum atomic E-state index is -1.11. The highest BCUT2D eigenvalue weighted by molar-refractivity contribution is 5.76. The molecule has 0 unspecified atom stereocenters. The Kier molecular flexibility index (Phi) is 14.1. The largest absolute Gasteiger partial charge is 0.466 e. The maximum atomic E-state index is 14.3. The number of nitrogens with zero attached hydrogens (tertiary/aromatic N) is 2. The van der Waals surface area contributed by atoms with Gasteiger partial charge in [-0.2, -0.15) is 0 Å². The monoisotopic (exact) mass is 568 g/mol. The topological polar surface area (TPSA) is 111 Å². The highest BCUT2D eigenvalue weighted by atomic mass is 16.5. The van der Waals surface area contributed by atoms with Gasteiger partial charge in [0, 0.05) is 26.6 Å². The Labute approximate surface area is 244 Å². The van der Waals surface area contributed by atoms with Crippen LogP contribution in [0.5, 0.6) is 0 Å². The van der Waals surface area contributed by atoms with E-state index in [0.717, 1.165) is 62.5 Å². The molecule has 2 amide bonds. The third kappa shape index (κ3) is 10.4. The van der Waals surface area contributed by atoms with Gasteiger partial charge in [-0.25, -0.2) is 4.79 Å². The van der Waals surface area contributed by atoms with Gasteiger partial charge in [-0.15, -0.1) is 0 Å². The summed E-state index contributed by atoms with van der Waals surface area (Å²) in [6.07, 6.45) is 5.13. The highest BCUT2D eigenvalue weighted by Gasteiger charge is 2.45. The molecule has 1 heterocycles. The number of rotatable bonds is 17. The van der Waals surface area contributed by atoms with Crippen LogP contribution >= 0.6 is 0 Å². The molecule has 0 bridgehead atoms. The summed E-state index contributed by atoms with van der Waals surface area (Å²) in [5, 5.41) is 32.5. The van der Waals surface area contributed by atoms with Crippen LogP contribution in [0.1, 0.15) is 69.4 Å². The van der Waals surface area contributed by atoms with E-state index < -0.39 is 24.3 Å². The first kappa shape index (κ1) is 32.6. The van der Waals surface area contributed by atoms with E-state index in [1.165, 1.54) is 6.92 Å². The molecule has 41 heavy (non-hydrogen) atoms. The summed E-state index contributed by atoms with van der Waals surface area (Å²) in [4.78, 5) is 28.9. The molecule has 0 saturated carbocycles. The summed E-state index contributed by atoms with van der Waals surface area (Å²) in [6.45, 7) is 2.89. The fraction of sp³-hybridized carbons (Fsp3) is 0.576. The highest BCUT2D eigenvalue weighted by Crippen LogP contribution is 2.28. The van der Waals surface area contributed by atoms with E-state index in [1.54, 1.807) is 9.80 Å². The van der Waals surface area contributed by atoms with Gasteiger partial charge < -0.3 is 29.9 Å². The van der Waals surface area contributed by atoms with Crippen molar-refractivity contribution in [2.45, 2.75) is 95.4 Å². The van der Waals surface area contributed by atoms with Crippen LogP contribution in [-0.4, -0.2) is 87.7 Å². The molecule has 1 aliphatic heterocycles. The number of hydrogen-bond donors (Lipinski definition) is 3. The van der Waals surface area contributed by atoms with Gasteiger partial charge in [0.2, 0.25) is 0 Å². The number of carbonyl (C=O) groups excluding carboxylic acids is 2. The first-order chi connectivity index (χ1) is 19.9. The number of unbranched alkanes of at least 4 members (excludes halogenated alkanes) is 6. The van der Waals surface area contributed by atoms with Crippen molar-refractivity contribution in [1.82, 2.24) is 9.80 Å². The Morgan fingerprint density at radius 1 is 0.707 bits per heavy atom. The summed E-state index contributed by atoms with van der Waals surface area (Å²) in [5.41, 5.74) is 2.00. The standard InChI is InChI=1S/C33H48N2O6/c1-26(37)41-23-15-5-3-13-21-35-30(25-28-18-10-7-11-19-28)32(39)31(38)29(24-27-16-8-6-9-17-27)34(33(35)40)20-12-2-4-14-22-36/h6-11,16-19,29-32,36,38-39H,2-5,12-15,20-25H2,1H3/t29-,30-,31+,32+/m1/s1. The van der Waals surface area contributed by atoms with Crippen LogP contribution in [0.15, 0.2) is 60.7 Å². The van der Waals surface area contributed by atoms with Crippen molar-refractivity contribution in [2.24, 2.45) is 0 Å². The van der Waals surface area contributed by atoms with Gasteiger partial charge in [-0.05, 0) is 56.1 Å². The number of esters is 1. The number of hydrogen-bond acceptors (Lipinski definition) is 6. The lowest BCUT2D eigenvalue weighted by atomic mass is 9.91. The Morgan fingerprint density at radius 2 is 1.15 bits per heavy atom. The molecule has 2 aromatic rings. The molecule has 226 valence electrons. The Morgan fingerprint density at radius 3 is 1.59 bits per heavy atom. The van der Waals surface area contributed by atoms with Crippen molar-refractivity contribution in [1.29, 1.82) is 0 Å². The van der Waals surface area contributed by atoms with E-state index in [-0.39, 0.29) is 18.6 Å². The summed E-state index contributed by atoms with van der Waals surface area (Å²) in [6, 6.07) is 18.3. The second-order valence-corrected chi connectivity index (χ2v) is 11.1. The molecular formula is C33H48N2O6. The average molecular weight is 569 g/mol. The van der Waals surface area contributed by atoms with Crippen LogP contribution in [0.2, 0.25) is 0 Å². The number of urea groups is 1. The minimum Gasteiger partial charge on any atom is -0.466 e. The average Bonchev–Trinajstić information content (AvgIpc) is 3.04. The first-order valence-electron chi connectivity index (χ1n) is 15.2. The van der Waals surface area contributed by atoms with E-state index in [4.69, 9.17) is 9.84 Å². The Hall–Kier alpha value is -2.94. The molecule has 8 nitrogen and oxygen atoms in total. The van der Waals surface area contributed by atoms with Gasteiger partial charge in [0.25, 0.3) is 0 Å². The van der Waals surface area contributed by atoms with Crippen molar-refractivity contribution in [3.63, 3.8) is 0 Å². The summed E-state index contributed by atoms with van der Waals surface area (Å²) in [7, 11) is 0. The smallest absolute Gasteiger partial charge is 0.320 e. The van der Waals surface area contributed by atoms with Crippen LogP contribution in [-0.2, 0) is 22.4 Å². The molecule has 0 aliphatic carbocycles. The van der Waals surface area contributed by atoms with Crippen LogP contribution in [0.3, 0.4) is 0 Å². The summed E-state index contributed by atoms with van der Waals surface area (Å²) in [5.74, 6) is -0.280. The molecule has 3 rings (SSSR count). The van der Waals surface area contributed by atoms with E-state index in [0.29, 0.717) is 32.5 Å². The molecule has 8 heteroatoms. The van der Waals surface area contributed by atoms with Crippen molar-refractivity contribution in [3.8, 4) is 0 Å². The summed E-state index contributed by atoms with van der Waals surface area (Å²) >= 11 is 0. The van der Waals surface area contributed by atoms with E-state index in [2.05, 4.69) is 0 Å². The quantitative estimate of drug-likeness (QED) is 0.193. The molecule has 3 N–H and O–H groups in total. The van der Waals surface area contributed by atoms with Crippen LogP contribution in [0.25, 0.3) is 0 Å². The van der Waals surface area contributed by atoms with Gasteiger partial charge >= 0.3 is 12.0 Å². The van der Waals surface area contributed by atoms with E-state index in [1.807, 2.05) is 60.7 Å². The lowest BCUT2D eigenvalue weighted by molar-refractivity contribution is -0.141. The minimum absolute atomic E-state index is 0.149. The van der Waals surface area contributed by atoms with Crippen molar-refractivity contribution in [2.75, 3.05) is 26.3 Å². The van der Waals surface area contributed by atoms with Gasteiger partial charge in [0.05, 0.1) is 18.7 Å². The molecule has 0 radical (unpaired) electrons. The van der Waals surface area contributed by atoms with E-state index >= 15 is 0 Å². The van der Waals surface area contributed by atoms with Gasteiger partial charge in [0.15, 0.2) is 0 Å². The fourth-order valence-electron chi connectivity index (χ4n) is 5.67. The predicted molar refractivity (Wildman–Crippen MR) is 159 cm³/mol. The molecule has 2 aromatic carbocycles. The lowest BCUT2D eigenvalue weighted by Gasteiger charge is -2.36. The molecular weight excluding hydrogens is 520 g/mol. The molecule has 0 aromatic heterocycles. The predicted octanol–water partition coefficient (Wildman–Crippen LogP) is 4.34. The second-order valence-electron chi connectivity index (χ2n) is 11.1. The number of aliphatic hydroxyl groups is 3. The lowest BCUT2D eigenvalue weighted by Crippen LogP contribution is -2.51. The molecule has 1 fully saturated rings. The van der Waals surface area contributed by atoms with Gasteiger partial charge in [0.1, 0.15) is 12.2 Å². The number of aliphatic hydroxyl groups excluding tert-OH is 3. The number of amides is 2. The van der Waals surface area contributed by atoms with Crippen LogP contribution in [0, 0.1) is 0 Å². The van der Waals surface area contributed by atoms with Gasteiger partial charge in [-0.3, -0.25) is 4.79 Å².